The number of benzene rings is 2. The predicted molar refractivity (Wildman–Crippen MR) is 107 cm³/mol. The molecule has 0 spiro atoms. The number of halogens is 1. The van der Waals surface area contributed by atoms with Gasteiger partial charge in [-0.2, -0.15) is 0 Å². The Bertz CT molecular complexity index is 1070. The summed E-state index contributed by atoms with van der Waals surface area (Å²) in [6.07, 6.45) is 5.45. The summed E-state index contributed by atoms with van der Waals surface area (Å²) in [5, 5.41) is 4.61. The molecule has 2 aromatic heterocycles. The second-order valence-corrected chi connectivity index (χ2v) is 7.46. The van der Waals surface area contributed by atoms with Crippen LogP contribution < -0.4 is 5.32 Å². The number of carbonyl (C=O) groups is 1. The van der Waals surface area contributed by atoms with E-state index in [1.54, 1.807) is 18.3 Å². The van der Waals surface area contributed by atoms with Gasteiger partial charge >= 0.3 is 0 Å². The van der Waals surface area contributed by atoms with Crippen molar-refractivity contribution in [1.29, 1.82) is 0 Å². The molecule has 0 unspecified atom stereocenters. The van der Waals surface area contributed by atoms with Crippen LogP contribution >= 0.6 is 11.3 Å². The molecule has 0 aliphatic carbocycles. The molecule has 0 radical (unpaired) electrons. The molecule has 0 bridgehead atoms. The SMILES string of the molecule is O=C(CCc1c[nH]c2ccccc12)Nc1ncc(Cc2ccc(F)cc2)s1. The van der Waals surface area contributed by atoms with E-state index >= 15 is 0 Å². The van der Waals surface area contributed by atoms with Crippen LogP contribution in [0, 0.1) is 5.82 Å². The second-order valence-electron chi connectivity index (χ2n) is 6.34. The normalized spacial score (nSPS) is 11.0. The lowest BCUT2D eigenvalue weighted by Gasteiger charge is -2.01. The van der Waals surface area contributed by atoms with Gasteiger partial charge in [0.25, 0.3) is 0 Å². The zero-order valence-electron chi connectivity index (χ0n) is 14.5. The quantitative estimate of drug-likeness (QED) is 0.499. The van der Waals surface area contributed by atoms with Gasteiger partial charge in [-0.25, -0.2) is 9.37 Å². The first kappa shape index (κ1) is 17.4. The van der Waals surface area contributed by atoms with Crippen LogP contribution in [-0.4, -0.2) is 15.9 Å². The molecule has 27 heavy (non-hydrogen) atoms. The van der Waals surface area contributed by atoms with Crippen LogP contribution in [0.2, 0.25) is 0 Å². The van der Waals surface area contributed by atoms with Gasteiger partial charge in [0, 0.05) is 41.0 Å². The van der Waals surface area contributed by atoms with Gasteiger partial charge in [0.15, 0.2) is 5.13 Å². The van der Waals surface area contributed by atoms with E-state index in [4.69, 9.17) is 0 Å². The number of anilines is 1. The Hall–Kier alpha value is -2.99. The van der Waals surface area contributed by atoms with E-state index in [0.717, 1.165) is 26.9 Å². The topological polar surface area (TPSA) is 57.8 Å². The van der Waals surface area contributed by atoms with E-state index in [2.05, 4.69) is 21.4 Å². The average molecular weight is 379 g/mol. The summed E-state index contributed by atoms with van der Waals surface area (Å²) in [6.45, 7) is 0. The van der Waals surface area contributed by atoms with Crippen molar-refractivity contribution in [3.63, 3.8) is 0 Å². The van der Waals surface area contributed by atoms with Crippen LogP contribution in [0.4, 0.5) is 9.52 Å². The van der Waals surface area contributed by atoms with Crippen molar-refractivity contribution in [2.24, 2.45) is 0 Å². The third kappa shape index (κ3) is 4.23. The van der Waals surface area contributed by atoms with Crippen LogP contribution in [0.1, 0.15) is 22.4 Å². The molecule has 1 amide bonds. The maximum atomic E-state index is 13.0. The highest BCUT2D eigenvalue weighted by Gasteiger charge is 2.10. The fraction of sp³-hybridized carbons (Fsp3) is 0.143. The number of aryl methyl sites for hydroxylation is 1. The van der Waals surface area contributed by atoms with Crippen molar-refractivity contribution in [3.8, 4) is 0 Å². The van der Waals surface area contributed by atoms with E-state index in [0.29, 0.717) is 24.4 Å². The number of hydrogen-bond acceptors (Lipinski definition) is 3. The summed E-state index contributed by atoms with van der Waals surface area (Å²) in [5.41, 5.74) is 3.23. The smallest absolute Gasteiger partial charge is 0.226 e. The minimum Gasteiger partial charge on any atom is -0.361 e. The van der Waals surface area contributed by atoms with Crippen LogP contribution in [-0.2, 0) is 17.6 Å². The van der Waals surface area contributed by atoms with Crippen molar-refractivity contribution in [2.75, 3.05) is 5.32 Å². The number of aromatic amines is 1. The van der Waals surface area contributed by atoms with Gasteiger partial charge in [0.2, 0.25) is 5.91 Å². The van der Waals surface area contributed by atoms with Gasteiger partial charge in [0.05, 0.1) is 0 Å². The molecule has 136 valence electrons. The van der Waals surface area contributed by atoms with Crippen LogP contribution in [0.3, 0.4) is 0 Å². The molecule has 0 aliphatic heterocycles. The highest BCUT2D eigenvalue weighted by Crippen LogP contribution is 2.22. The second kappa shape index (κ2) is 7.72. The summed E-state index contributed by atoms with van der Waals surface area (Å²) in [4.78, 5) is 20.8. The van der Waals surface area contributed by atoms with E-state index in [1.807, 2.05) is 24.4 Å². The molecule has 2 heterocycles. The Morgan fingerprint density at radius 1 is 1.15 bits per heavy atom. The minimum atomic E-state index is -0.244. The third-order valence-corrected chi connectivity index (χ3v) is 5.30. The molecule has 2 aromatic carbocycles. The highest BCUT2D eigenvalue weighted by molar-refractivity contribution is 7.15. The summed E-state index contributed by atoms with van der Waals surface area (Å²) < 4.78 is 13.0. The highest BCUT2D eigenvalue weighted by atomic mass is 32.1. The van der Waals surface area contributed by atoms with Gasteiger partial charge < -0.3 is 10.3 Å². The number of carbonyl (C=O) groups excluding carboxylic acids is 1. The Labute approximate surface area is 160 Å². The van der Waals surface area contributed by atoms with Crippen molar-refractivity contribution in [2.45, 2.75) is 19.3 Å². The average Bonchev–Trinajstić information content (AvgIpc) is 3.29. The number of thiazole rings is 1. The largest absolute Gasteiger partial charge is 0.361 e. The fourth-order valence-corrected chi connectivity index (χ4v) is 3.88. The van der Waals surface area contributed by atoms with Crippen LogP contribution in [0.15, 0.2) is 60.9 Å². The van der Waals surface area contributed by atoms with Crippen molar-refractivity contribution < 1.29 is 9.18 Å². The number of hydrogen-bond donors (Lipinski definition) is 2. The Morgan fingerprint density at radius 2 is 1.96 bits per heavy atom. The number of amides is 1. The summed E-state index contributed by atoms with van der Waals surface area (Å²) >= 11 is 1.44. The first-order valence-electron chi connectivity index (χ1n) is 8.71. The zero-order chi connectivity index (χ0) is 18.6. The number of para-hydroxylation sites is 1. The Morgan fingerprint density at radius 3 is 2.81 bits per heavy atom. The molecule has 0 aliphatic rings. The maximum absolute atomic E-state index is 13.0. The van der Waals surface area contributed by atoms with Gasteiger partial charge in [-0.3, -0.25) is 4.79 Å². The lowest BCUT2D eigenvalue weighted by atomic mass is 10.1. The fourth-order valence-electron chi connectivity index (χ4n) is 3.02. The van der Waals surface area contributed by atoms with Crippen LogP contribution in [0.5, 0.6) is 0 Å². The van der Waals surface area contributed by atoms with Gasteiger partial charge in [-0.15, -0.1) is 11.3 Å². The maximum Gasteiger partial charge on any atom is 0.226 e. The Kier molecular flexibility index (Phi) is 4.98. The summed E-state index contributed by atoms with van der Waals surface area (Å²) in [6, 6.07) is 14.5. The first-order chi connectivity index (χ1) is 13.2. The monoisotopic (exact) mass is 379 g/mol. The van der Waals surface area contributed by atoms with E-state index in [9.17, 15) is 9.18 Å². The Balaban J connectivity index is 1.33. The van der Waals surface area contributed by atoms with Crippen molar-refractivity contribution in [3.05, 3.63) is 82.7 Å². The molecule has 0 fully saturated rings. The van der Waals surface area contributed by atoms with E-state index < -0.39 is 0 Å². The first-order valence-corrected chi connectivity index (χ1v) is 9.53. The molecular formula is C21H18FN3OS. The summed E-state index contributed by atoms with van der Waals surface area (Å²) in [7, 11) is 0. The number of H-pyrrole nitrogens is 1. The van der Waals surface area contributed by atoms with Gasteiger partial charge in [-0.05, 0) is 35.7 Å². The van der Waals surface area contributed by atoms with Gasteiger partial charge in [0.1, 0.15) is 5.82 Å². The predicted octanol–water partition coefficient (Wildman–Crippen LogP) is 4.93. The molecule has 2 N–H and O–H groups in total. The lowest BCUT2D eigenvalue weighted by molar-refractivity contribution is -0.116. The molecule has 0 atom stereocenters. The lowest BCUT2D eigenvalue weighted by Crippen LogP contribution is -2.11. The molecule has 4 aromatic rings. The minimum absolute atomic E-state index is 0.0528. The molecule has 0 saturated carbocycles. The van der Waals surface area contributed by atoms with E-state index in [1.165, 1.54) is 23.5 Å². The zero-order valence-corrected chi connectivity index (χ0v) is 15.4. The number of rotatable bonds is 6. The summed E-state index contributed by atoms with van der Waals surface area (Å²) in [5.74, 6) is -0.297. The van der Waals surface area contributed by atoms with E-state index in [-0.39, 0.29) is 11.7 Å². The van der Waals surface area contributed by atoms with Gasteiger partial charge in [-0.1, -0.05) is 30.3 Å². The van der Waals surface area contributed by atoms with Crippen LogP contribution in [0.25, 0.3) is 10.9 Å². The number of nitrogens with zero attached hydrogens (tertiary/aromatic N) is 1. The number of nitrogens with one attached hydrogen (secondary N) is 2. The third-order valence-electron chi connectivity index (χ3n) is 4.39. The molecule has 0 saturated heterocycles. The number of aromatic nitrogens is 2. The number of fused-ring (bicyclic) bond motifs is 1. The molecule has 4 nitrogen and oxygen atoms in total. The standard InChI is InChI=1S/C21H18FN3OS/c22-16-8-5-14(6-9-16)11-17-13-24-21(27-17)25-20(26)10-7-15-12-23-19-4-2-1-3-18(15)19/h1-6,8-9,12-13,23H,7,10-11H2,(H,24,25,26). The molecular weight excluding hydrogens is 361 g/mol. The molecule has 4 rings (SSSR count). The van der Waals surface area contributed by atoms with Crippen molar-refractivity contribution >= 4 is 33.3 Å². The molecule has 6 heteroatoms. The van der Waals surface area contributed by atoms with Crippen molar-refractivity contribution in [1.82, 2.24) is 9.97 Å².